The van der Waals surface area contributed by atoms with Gasteiger partial charge in [-0.25, -0.2) is 0 Å². The van der Waals surface area contributed by atoms with Crippen molar-refractivity contribution in [2.24, 2.45) is 10.2 Å². The van der Waals surface area contributed by atoms with Gasteiger partial charge in [-0.2, -0.15) is 5.11 Å². The van der Waals surface area contributed by atoms with Crippen LogP contribution in [-0.2, 0) is 0 Å². The third kappa shape index (κ3) is 3.10. The fourth-order valence-electron chi connectivity index (χ4n) is 1.67. The average Bonchev–Trinajstić information content (AvgIpc) is 2.41. The van der Waals surface area contributed by atoms with Crippen LogP contribution in [0.3, 0.4) is 0 Å². The minimum atomic E-state index is 0.0582. The van der Waals surface area contributed by atoms with Gasteiger partial charge in [-0.3, -0.25) is 0 Å². The Morgan fingerprint density at radius 1 is 1.11 bits per heavy atom. The molecule has 97 valence electrons. The monoisotopic (exact) mass is 255 g/mol. The first-order valence-corrected chi connectivity index (χ1v) is 5.81. The van der Waals surface area contributed by atoms with Gasteiger partial charge in [-0.1, -0.05) is 6.07 Å². The predicted molar refractivity (Wildman–Crippen MR) is 74.5 cm³/mol. The van der Waals surface area contributed by atoms with Crippen molar-refractivity contribution in [3.8, 4) is 11.5 Å². The maximum absolute atomic E-state index is 9.85. The van der Waals surface area contributed by atoms with Gasteiger partial charge in [-0.05, 0) is 55.3 Å². The lowest BCUT2D eigenvalue weighted by molar-refractivity contribution is 0.415. The number of methoxy groups -OCH3 is 1. The number of aromatic hydroxyl groups is 1. The third-order valence-corrected chi connectivity index (χ3v) is 2.66. The molecule has 0 amide bonds. The minimum absolute atomic E-state index is 0.0582. The summed E-state index contributed by atoms with van der Waals surface area (Å²) in [6, 6.07) is 10.7. The summed E-state index contributed by atoms with van der Waals surface area (Å²) < 4.78 is 5.06. The van der Waals surface area contributed by atoms with E-state index in [4.69, 9.17) is 4.74 Å². The molecule has 0 bridgehead atoms. The molecule has 4 heteroatoms. The second kappa shape index (κ2) is 5.52. The van der Waals surface area contributed by atoms with Gasteiger partial charge in [0.1, 0.15) is 17.2 Å². The Labute approximate surface area is 112 Å². The molecule has 0 aliphatic rings. The molecular formula is C15H15N2O2. The third-order valence-electron chi connectivity index (χ3n) is 2.66. The molecule has 0 aliphatic heterocycles. The van der Waals surface area contributed by atoms with Gasteiger partial charge in [0.05, 0.1) is 12.8 Å². The highest BCUT2D eigenvalue weighted by molar-refractivity contribution is 5.58. The summed E-state index contributed by atoms with van der Waals surface area (Å²) in [4.78, 5) is 0. The molecule has 0 aromatic heterocycles. The number of phenolic OH excluding ortho intramolecular Hbond substituents is 1. The van der Waals surface area contributed by atoms with Crippen LogP contribution < -0.4 is 4.74 Å². The van der Waals surface area contributed by atoms with Gasteiger partial charge in [0.15, 0.2) is 0 Å². The molecular weight excluding hydrogens is 240 g/mol. The van der Waals surface area contributed by atoms with E-state index in [1.54, 1.807) is 43.5 Å². The van der Waals surface area contributed by atoms with E-state index in [9.17, 15) is 5.11 Å². The predicted octanol–water partition coefficient (Wildman–Crippen LogP) is 4.31. The van der Waals surface area contributed by atoms with Gasteiger partial charge in [0.25, 0.3) is 0 Å². The first kappa shape index (κ1) is 13.1. The van der Waals surface area contributed by atoms with E-state index in [0.29, 0.717) is 16.9 Å². The van der Waals surface area contributed by atoms with Crippen molar-refractivity contribution in [2.45, 2.75) is 6.92 Å². The molecule has 0 spiro atoms. The van der Waals surface area contributed by atoms with Crippen LogP contribution in [0.1, 0.15) is 11.1 Å². The van der Waals surface area contributed by atoms with Crippen molar-refractivity contribution in [2.75, 3.05) is 7.11 Å². The van der Waals surface area contributed by atoms with Crippen LogP contribution in [0.25, 0.3) is 0 Å². The molecule has 0 fully saturated rings. The molecule has 0 aliphatic carbocycles. The molecule has 19 heavy (non-hydrogen) atoms. The van der Waals surface area contributed by atoms with E-state index in [2.05, 4.69) is 17.2 Å². The number of rotatable bonds is 3. The van der Waals surface area contributed by atoms with Crippen molar-refractivity contribution < 1.29 is 9.84 Å². The number of phenols is 1. The molecule has 0 saturated heterocycles. The van der Waals surface area contributed by atoms with Crippen LogP contribution >= 0.6 is 0 Å². The quantitative estimate of drug-likeness (QED) is 0.831. The number of benzene rings is 2. The summed E-state index contributed by atoms with van der Waals surface area (Å²) in [6.07, 6.45) is 0. The number of aryl methyl sites for hydroxylation is 1. The fraction of sp³-hybridized carbons (Fsp3) is 0.133. The summed E-state index contributed by atoms with van der Waals surface area (Å²) in [5.41, 5.74) is 2.63. The lowest BCUT2D eigenvalue weighted by atomic mass is 10.1. The second-order valence-electron chi connectivity index (χ2n) is 4.19. The van der Waals surface area contributed by atoms with E-state index in [0.717, 1.165) is 11.3 Å². The molecule has 0 unspecified atom stereocenters. The highest BCUT2D eigenvalue weighted by atomic mass is 16.5. The van der Waals surface area contributed by atoms with E-state index < -0.39 is 0 Å². The van der Waals surface area contributed by atoms with Gasteiger partial charge in [-0.15, -0.1) is 5.11 Å². The first-order chi connectivity index (χ1) is 9.10. The van der Waals surface area contributed by atoms with Gasteiger partial charge in [0.2, 0.25) is 0 Å². The summed E-state index contributed by atoms with van der Waals surface area (Å²) in [7, 11) is 1.61. The molecule has 2 aromatic rings. The molecule has 4 nitrogen and oxygen atoms in total. The van der Waals surface area contributed by atoms with Crippen molar-refractivity contribution in [3.63, 3.8) is 0 Å². The van der Waals surface area contributed by atoms with Gasteiger partial charge in [0, 0.05) is 0 Å². The lowest BCUT2D eigenvalue weighted by Crippen LogP contribution is -1.80. The van der Waals surface area contributed by atoms with Crippen molar-refractivity contribution in [1.82, 2.24) is 0 Å². The van der Waals surface area contributed by atoms with Crippen LogP contribution in [0.4, 0.5) is 11.4 Å². The summed E-state index contributed by atoms with van der Waals surface area (Å²) >= 11 is 0. The Morgan fingerprint density at radius 2 is 1.79 bits per heavy atom. The molecule has 1 N–H and O–H groups in total. The zero-order valence-electron chi connectivity index (χ0n) is 10.9. The summed E-state index contributed by atoms with van der Waals surface area (Å²) in [5, 5.41) is 18.0. The Kier molecular flexibility index (Phi) is 3.80. The lowest BCUT2D eigenvalue weighted by Gasteiger charge is -2.03. The Morgan fingerprint density at radius 3 is 2.42 bits per heavy atom. The molecule has 0 atom stereocenters. The van der Waals surface area contributed by atoms with E-state index in [1.807, 2.05) is 6.92 Å². The molecule has 0 saturated carbocycles. The zero-order valence-corrected chi connectivity index (χ0v) is 10.9. The molecule has 2 rings (SSSR count). The van der Waals surface area contributed by atoms with Gasteiger partial charge >= 0.3 is 0 Å². The van der Waals surface area contributed by atoms with Crippen molar-refractivity contribution >= 4 is 11.4 Å². The minimum Gasteiger partial charge on any atom is -0.505 e. The standard InChI is InChI=1S/C15H15N2O2/c1-10-8-11(2)15(18)14(9-10)17-16-12-4-6-13(19-3)7-5-12/h4-9,18H,2H2,1,3H3. The van der Waals surface area contributed by atoms with Crippen LogP contribution in [-0.4, -0.2) is 12.2 Å². The highest BCUT2D eigenvalue weighted by Crippen LogP contribution is 2.32. The van der Waals surface area contributed by atoms with E-state index in [-0.39, 0.29) is 5.75 Å². The van der Waals surface area contributed by atoms with E-state index >= 15 is 0 Å². The Balaban J connectivity index is 2.27. The maximum Gasteiger partial charge on any atom is 0.146 e. The number of nitrogens with zero attached hydrogens (tertiary/aromatic N) is 2. The zero-order chi connectivity index (χ0) is 13.8. The summed E-state index contributed by atoms with van der Waals surface area (Å²) in [6.45, 7) is 5.67. The summed E-state index contributed by atoms with van der Waals surface area (Å²) in [5.74, 6) is 0.820. The number of ether oxygens (including phenoxy) is 1. The maximum atomic E-state index is 9.85. The fourth-order valence-corrected chi connectivity index (χ4v) is 1.67. The normalized spacial score (nSPS) is 10.9. The Bertz CT molecular complexity index is 604. The molecule has 0 heterocycles. The average molecular weight is 255 g/mol. The van der Waals surface area contributed by atoms with Crippen molar-refractivity contribution in [1.29, 1.82) is 0 Å². The van der Waals surface area contributed by atoms with Crippen LogP contribution in [0.15, 0.2) is 46.6 Å². The molecule has 1 radical (unpaired) electrons. The van der Waals surface area contributed by atoms with Crippen LogP contribution in [0.5, 0.6) is 11.5 Å². The number of hydrogen-bond donors (Lipinski definition) is 1. The second-order valence-corrected chi connectivity index (χ2v) is 4.19. The SMILES string of the molecule is [CH2]c1cc(C)cc(N=Nc2ccc(OC)cc2)c1O. The van der Waals surface area contributed by atoms with E-state index in [1.165, 1.54) is 0 Å². The number of azo groups is 1. The molecule has 2 aromatic carbocycles. The van der Waals surface area contributed by atoms with Crippen LogP contribution in [0.2, 0.25) is 0 Å². The van der Waals surface area contributed by atoms with Crippen molar-refractivity contribution in [3.05, 3.63) is 54.4 Å². The first-order valence-electron chi connectivity index (χ1n) is 5.81. The Hall–Kier alpha value is -2.36. The highest BCUT2D eigenvalue weighted by Gasteiger charge is 2.04. The van der Waals surface area contributed by atoms with Gasteiger partial charge < -0.3 is 9.84 Å². The smallest absolute Gasteiger partial charge is 0.146 e. The largest absolute Gasteiger partial charge is 0.505 e. The number of hydrogen-bond acceptors (Lipinski definition) is 4. The topological polar surface area (TPSA) is 54.2 Å². The van der Waals surface area contributed by atoms with Crippen LogP contribution in [0, 0.1) is 13.8 Å².